The van der Waals surface area contributed by atoms with E-state index in [-0.39, 0.29) is 6.04 Å². The molecule has 0 saturated carbocycles. The maximum Gasteiger partial charge on any atom is 0.208 e. The maximum atomic E-state index is 5.97. The molecule has 0 radical (unpaired) electrons. The number of anilines is 1. The molecule has 1 aliphatic rings. The lowest BCUT2D eigenvalue weighted by molar-refractivity contribution is 0.715. The second-order valence-electron chi connectivity index (χ2n) is 4.44. The minimum Gasteiger partial charge on any atom is -0.349 e. The largest absolute Gasteiger partial charge is 0.349 e. The molecule has 1 aromatic carbocycles. The zero-order valence-electron chi connectivity index (χ0n) is 10.8. The number of benzene rings is 1. The molecule has 0 saturated heterocycles. The molecule has 20 heavy (non-hydrogen) atoms. The number of halogens is 1. The predicted molar refractivity (Wildman–Crippen MR) is 84.2 cm³/mol. The van der Waals surface area contributed by atoms with E-state index < -0.39 is 0 Å². The quantitative estimate of drug-likeness (QED) is 0.827. The molecule has 0 fully saturated rings. The standard InChI is InChI=1S/C14H13ClN4S/c1-9(10-4-6-16-7-5-10)17-14-18-12-3-2-11(15)8-13(12)20-19-14/h2-9H,1H3,(H2,17,18,19). The Balaban J connectivity index is 1.71. The molecule has 0 amide bonds. The van der Waals surface area contributed by atoms with Crippen LogP contribution in [-0.4, -0.2) is 10.9 Å². The summed E-state index contributed by atoms with van der Waals surface area (Å²) < 4.78 is 4.41. The van der Waals surface area contributed by atoms with Crippen molar-refractivity contribution in [1.29, 1.82) is 0 Å². The normalized spacial score (nSPS) is 14.8. The van der Waals surface area contributed by atoms with Crippen LogP contribution in [0.3, 0.4) is 0 Å². The van der Waals surface area contributed by atoms with E-state index in [4.69, 9.17) is 11.6 Å². The van der Waals surface area contributed by atoms with Crippen LogP contribution in [-0.2, 0) is 0 Å². The molecule has 1 unspecified atom stereocenters. The van der Waals surface area contributed by atoms with E-state index >= 15 is 0 Å². The first-order valence-electron chi connectivity index (χ1n) is 6.20. The topological polar surface area (TPSA) is 49.3 Å². The van der Waals surface area contributed by atoms with E-state index in [1.807, 2.05) is 30.3 Å². The maximum absolute atomic E-state index is 5.97. The second kappa shape index (κ2) is 5.73. The first-order chi connectivity index (χ1) is 9.72. The number of fused-ring (bicyclic) bond motifs is 1. The fourth-order valence-electron chi connectivity index (χ4n) is 1.92. The first-order valence-corrected chi connectivity index (χ1v) is 7.35. The number of nitrogens with zero attached hydrogens (tertiary/aromatic N) is 2. The van der Waals surface area contributed by atoms with Crippen molar-refractivity contribution < 1.29 is 0 Å². The molecule has 0 spiro atoms. The fourth-order valence-corrected chi connectivity index (χ4v) is 2.85. The minimum absolute atomic E-state index is 0.152. The second-order valence-corrected chi connectivity index (χ2v) is 5.68. The van der Waals surface area contributed by atoms with Crippen molar-refractivity contribution >= 4 is 35.2 Å². The van der Waals surface area contributed by atoms with E-state index in [0.717, 1.165) is 27.1 Å². The molecular formula is C14H13ClN4S. The van der Waals surface area contributed by atoms with Gasteiger partial charge in [-0.25, -0.2) is 0 Å². The Hall–Kier alpha value is -1.72. The number of aromatic nitrogens is 1. The Labute approximate surface area is 126 Å². The predicted octanol–water partition coefficient (Wildman–Crippen LogP) is 3.87. The molecule has 1 aliphatic heterocycles. The zero-order chi connectivity index (χ0) is 13.9. The van der Waals surface area contributed by atoms with Crippen molar-refractivity contribution in [3.8, 4) is 0 Å². The van der Waals surface area contributed by atoms with E-state index in [2.05, 4.69) is 26.9 Å². The van der Waals surface area contributed by atoms with Crippen LogP contribution >= 0.6 is 23.5 Å². The van der Waals surface area contributed by atoms with Crippen LogP contribution in [0, 0.1) is 0 Å². The van der Waals surface area contributed by atoms with Gasteiger partial charge in [0.15, 0.2) is 0 Å². The van der Waals surface area contributed by atoms with Crippen LogP contribution in [0.15, 0.2) is 52.0 Å². The zero-order valence-corrected chi connectivity index (χ0v) is 12.4. The van der Waals surface area contributed by atoms with Crippen molar-refractivity contribution in [2.75, 3.05) is 5.32 Å². The Morgan fingerprint density at radius 2 is 2.05 bits per heavy atom. The van der Waals surface area contributed by atoms with Gasteiger partial charge in [-0.2, -0.15) is 4.40 Å². The van der Waals surface area contributed by atoms with Crippen molar-refractivity contribution in [3.63, 3.8) is 0 Å². The third kappa shape index (κ3) is 2.89. The Morgan fingerprint density at radius 1 is 1.25 bits per heavy atom. The summed E-state index contributed by atoms with van der Waals surface area (Å²) >= 11 is 7.38. The van der Waals surface area contributed by atoms with Gasteiger partial charge in [-0.3, -0.25) is 4.98 Å². The highest BCUT2D eigenvalue weighted by Crippen LogP contribution is 2.33. The van der Waals surface area contributed by atoms with Crippen molar-refractivity contribution in [3.05, 3.63) is 53.3 Å². The van der Waals surface area contributed by atoms with Gasteiger partial charge in [0, 0.05) is 29.4 Å². The summed E-state index contributed by atoms with van der Waals surface area (Å²) in [4.78, 5) is 5.05. The lowest BCUT2D eigenvalue weighted by Gasteiger charge is -2.22. The third-order valence-electron chi connectivity index (χ3n) is 2.99. The van der Waals surface area contributed by atoms with E-state index in [1.165, 1.54) is 11.9 Å². The lowest BCUT2D eigenvalue weighted by atomic mass is 10.1. The highest BCUT2D eigenvalue weighted by atomic mass is 35.5. The summed E-state index contributed by atoms with van der Waals surface area (Å²) in [6.45, 7) is 2.08. The number of guanidine groups is 1. The van der Waals surface area contributed by atoms with Crippen LogP contribution in [0.2, 0.25) is 5.02 Å². The summed E-state index contributed by atoms with van der Waals surface area (Å²) in [6.07, 6.45) is 3.57. The number of rotatable bonds is 2. The Bertz CT molecular complexity index is 645. The summed E-state index contributed by atoms with van der Waals surface area (Å²) in [5.74, 6) is 0.745. The first kappa shape index (κ1) is 13.3. The molecule has 2 aromatic rings. The number of nitrogens with one attached hydrogen (secondary N) is 2. The van der Waals surface area contributed by atoms with E-state index in [1.54, 1.807) is 12.4 Å². The molecule has 3 rings (SSSR count). The number of hydrogen-bond acceptors (Lipinski definition) is 5. The van der Waals surface area contributed by atoms with E-state index in [0.29, 0.717) is 0 Å². The molecule has 0 bridgehead atoms. The smallest absolute Gasteiger partial charge is 0.208 e. The number of hydrogen-bond donors (Lipinski definition) is 2. The summed E-state index contributed by atoms with van der Waals surface area (Å²) in [7, 11) is 0. The average Bonchev–Trinajstić information content (AvgIpc) is 2.48. The summed E-state index contributed by atoms with van der Waals surface area (Å²) in [5, 5.41) is 7.33. The molecule has 2 heterocycles. The molecule has 1 atom stereocenters. The van der Waals surface area contributed by atoms with Gasteiger partial charge in [0.1, 0.15) is 0 Å². The molecule has 4 nitrogen and oxygen atoms in total. The molecule has 2 N–H and O–H groups in total. The van der Waals surface area contributed by atoms with Gasteiger partial charge in [-0.1, -0.05) is 11.6 Å². The van der Waals surface area contributed by atoms with Crippen LogP contribution < -0.4 is 10.6 Å². The van der Waals surface area contributed by atoms with Gasteiger partial charge in [0.25, 0.3) is 0 Å². The average molecular weight is 305 g/mol. The van der Waals surface area contributed by atoms with Crippen molar-refractivity contribution in [1.82, 2.24) is 10.3 Å². The van der Waals surface area contributed by atoms with E-state index in [9.17, 15) is 0 Å². The van der Waals surface area contributed by atoms with Gasteiger partial charge in [-0.15, -0.1) is 0 Å². The minimum atomic E-state index is 0.152. The summed E-state index contributed by atoms with van der Waals surface area (Å²) in [6, 6.07) is 9.85. The van der Waals surface area contributed by atoms with Gasteiger partial charge < -0.3 is 10.6 Å². The molecule has 1 aromatic heterocycles. The van der Waals surface area contributed by atoms with Crippen molar-refractivity contribution in [2.24, 2.45) is 4.40 Å². The fraction of sp³-hybridized carbons (Fsp3) is 0.143. The summed E-state index contributed by atoms with van der Waals surface area (Å²) in [5.41, 5.74) is 2.18. The Kier molecular flexibility index (Phi) is 3.80. The lowest BCUT2D eigenvalue weighted by Crippen LogP contribution is -2.33. The van der Waals surface area contributed by atoms with Gasteiger partial charge in [-0.05, 0) is 42.8 Å². The number of pyridine rings is 1. The molecule has 6 heteroatoms. The van der Waals surface area contributed by atoms with Crippen LogP contribution in [0.1, 0.15) is 18.5 Å². The third-order valence-corrected chi connectivity index (χ3v) is 4.03. The molecular weight excluding hydrogens is 292 g/mol. The SMILES string of the molecule is CC(NC1=NSc2cc(Cl)ccc2N1)c1ccncc1. The highest BCUT2D eigenvalue weighted by Gasteiger charge is 2.15. The molecule has 102 valence electrons. The monoisotopic (exact) mass is 304 g/mol. The van der Waals surface area contributed by atoms with Crippen LogP contribution in [0.4, 0.5) is 5.69 Å². The van der Waals surface area contributed by atoms with Gasteiger partial charge in [0.2, 0.25) is 5.96 Å². The Morgan fingerprint density at radius 3 is 2.85 bits per heavy atom. The van der Waals surface area contributed by atoms with Crippen LogP contribution in [0.25, 0.3) is 0 Å². The van der Waals surface area contributed by atoms with Gasteiger partial charge >= 0.3 is 0 Å². The van der Waals surface area contributed by atoms with Gasteiger partial charge in [0.05, 0.1) is 16.6 Å². The van der Waals surface area contributed by atoms with Crippen molar-refractivity contribution in [2.45, 2.75) is 17.9 Å². The van der Waals surface area contributed by atoms with Crippen LogP contribution in [0.5, 0.6) is 0 Å². The molecule has 0 aliphatic carbocycles. The highest BCUT2D eigenvalue weighted by molar-refractivity contribution is 7.98.